The van der Waals surface area contributed by atoms with E-state index >= 15 is 0 Å². The molecule has 2 fully saturated rings. The van der Waals surface area contributed by atoms with Crippen LogP contribution in [0.3, 0.4) is 0 Å². The number of carbonyl (C=O) groups excluding carboxylic acids is 3. The summed E-state index contributed by atoms with van der Waals surface area (Å²) < 4.78 is 0. The maximum atomic E-state index is 12.2. The molecule has 0 aromatic heterocycles. The predicted molar refractivity (Wildman–Crippen MR) is 69.1 cm³/mol. The van der Waals surface area contributed by atoms with Gasteiger partial charge in [0.1, 0.15) is 6.04 Å². The van der Waals surface area contributed by atoms with Crippen LogP contribution in [0.25, 0.3) is 0 Å². The zero-order valence-corrected chi connectivity index (χ0v) is 11.4. The second kappa shape index (κ2) is 5.59. The summed E-state index contributed by atoms with van der Waals surface area (Å²) in [6, 6.07) is -0.270. The van der Waals surface area contributed by atoms with Crippen LogP contribution in [0.5, 0.6) is 0 Å². The maximum Gasteiger partial charge on any atom is 0.244 e. The lowest BCUT2D eigenvalue weighted by atomic mass is 9.85. The van der Waals surface area contributed by atoms with E-state index in [4.69, 9.17) is 0 Å². The third kappa shape index (κ3) is 3.24. The molecule has 0 saturated carbocycles. The van der Waals surface area contributed by atoms with Gasteiger partial charge in [0.25, 0.3) is 0 Å². The molecule has 19 heavy (non-hydrogen) atoms. The smallest absolute Gasteiger partial charge is 0.244 e. The summed E-state index contributed by atoms with van der Waals surface area (Å²) >= 11 is 0. The molecule has 0 bridgehead atoms. The molecule has 0 aromatic rings. The lowest BCUT2D eigenvalue weighted by Crippen LogP contribution is -2.57. The quantitative estimate of drug-likeness (QED) is 0.717. The van der Waals surface area contributed by atoms with E-state index in [2.05, 4.69) is 10.6 Å². The average Bonchev–Trinajstić information content (AvgIpc) is 2.36. The Hall–Kier alpha value is -1.59. The van der Waals surface area contributed by atoms with E-state index in [1.54, 1.807) is 11.8 Å². The van der Waals surface area contributed by atoms with Gasteiger partial charge in [-0.25, -0.2) is 0 Å². The van der Waals surface area contributed by atoms with Crippen LogP contribution >= 0.6 is 0 Å². The molecule has 2 aliphatic heterocycles. The minimum atomic E-state index is -0.479. The molecule has 6 heteroatoms. The van der Waals surface area contributed by atoms with Crippen molar-refractivity contribution in [3.8, 4) is 0 Å². The van der Waals surface area contributed by atoms with Gasteiger partial charge in [0.2, 0.25) is 17.7 Å². The molecule has 0 aromatic carbocycles. The molecular weight excluding hydrogens is 246 g/mol. The van der Waals surface area contributed by atoms with Crippen molar-refractivity contribution in [2.45, 2.75) is 45.2 Å². The third-order valence-electron chi connectivity index (χ3n) is 3.92. The normalized spacial score (nSPS) is 28.1. The van der Waals surface area contributed by atoms with Crippen molar-refractivity contribution >= 4 is 17.7 Å². The van der Waals surface area contributed by atoms with Gasteiger partial charge in [0.15, 0.2) is 0 Å². The van der Waals surface area contributed by atoms with E-state index < -0.39 is 6.04 Å². The van der Waals surface area contributed by atoms with Gasteiger partial charge in [-0.2, -0.15) is 0 Å². The van der Waals surface area contributed by atoms with Crippen molar-refractivity contribution in [1.29, 1.82) is 0 Å². The number of fused-ring (bicyclic) bond motifs is 1. The van der Waals surface area contributed by atoms with Crippen LogP contribution in [0.4, 0.5) is 0 Å². The summed E-state index contributed by atoms with van der Waals surface area (Å²) in [6.45, 7) is 4.43. The molecular formula is C13H21N3O3. The second-order valence-corrected chi connectivity index (χ2v) is 5.47. The Morgan fingerprint density at radius 3 is 2.84 bits per heavy atom. The minimum Gasteiger partial charge on any atom is -0.353 e. The van der Waals surface area contributed by atoms with Crippen molar-refractivity contribution in [1.82, 2.24) is 15.5 Å². The molecule has 6 nitrogen and oxygen atoms in total. The highest BCUT2D eigenvalue weighted by molar-refractivity contribution is 5.86. The highest BCUT2D eigenvalue weighted by atomic mass is 16.2. The fraction of sp³-hybridized carbons (Fsp3) is 0.769. The lowest BCUT2D eigenvalue weighted by molar-refractivity contribution is -0.138. The standard InChI is InChI=1S/C13H21N3O3/c1-8(14-9(2)17)13(19)16-6-5-11-10(7-16)3-4-12(18)15-11/h8,10-11H,3-7H2,1-2H3,(H,14,17)(H,15,18). The van der Waals surface area contributed by atoms with Crippen LogP contribution in [0.2, 0.25) is 0 Å². The molecule has 2 saturated heterocycles. The van der Waals surface area contributed by atoms with E-state index in [0.29, 0.717) is 25.4 Å². The lowest BCUT2D eigenvalue weighted by Gasteiger charge is -2.42. The van der Waals surface area contributed by atoms with Gasteiger partial charge >= 0.3 is 0 Å². The summed E-state index contributed by atoms with van der Waals surface area (Å²) in [5.41, 5.74) is 0. The number of piperidine rings is 2. The second-order valence-electron chi connectivity index (χ2n) is 5.47. The maximum absolute atomic E-state index is 12.2. The molecule has 0 radical (unpaired) electrons. The summed E-state index contributed by atoms with van der Waals surface area (Å²) in [6.07, 6.45) is 2.19. The number of carbonyl (C=O) groups is 3. The van der Waals surface area contributed by atoms with Gasteiger partial charge in [-0.15, -0.1) is 0 Å². The number of hydrogen-bond donors (Lipinski definition) is 2. The molecule has 3 amide bonds. The van der Waals surface area contributed by atoms with E-state index in [-0.39, 0.29) is 23.8 Å². The summed E-state index contributed by atoms with van der Waals surface area (Å²) in [5.74, 6) is 0.235. The fourth-order valence-electron chi connectivity index (χ4n) is 2.95. The largest absolute Gasteiger partial charge is 0.353 e. The first-order valence-electron chi connectivity index (χ1n) is 6.82. The monoisotopic (exact) mass is 267 g/mol. The number of amides is 3. The molecule has 3 unspecified atom stereocenters. The first kappa shape index (κ1) is 13.8. The van der Waals surface area contributed by atoms with Gasteiger partial charge in [-0.3, -0.25) is 14.4 Å². The molecule has 2 heterocycles. The molecule has 2 N–H and O–H groups in total. The third-order valence-corrected chi connectivity index (χ3v) is 3.92. The van der Waals surface area contributed by atoms with Crippen LogP contribution in [0, 0.1) is 5.92 Å². The highest BCUT2D eigenvalue weighted by Gasteiger charge is 2.36. The number of nitrogens with one attached hydrogen (secondary N) is 2. The average molecular weight is 267 g/mol. The van der Waals surface area contributed by atoms with Crippen LogP contribution in [0.1, 0.15) is 33.1 Å². The van der Waals surface area contributed by atoms with Crippen molar-refractivity contribution in [3.05, 3.63) is 0 Å². The molecule has 2 aliphatic rings. The first-order valence-corrected chi connectivity index (χ1v) is 6.82. The SMILES string of the molecule is CC(=O)NC(C)C(=O)N1CCC2NC(=O)CCC2C1. The molecule has 3 atom stereocenters. The number of likely N-dealkylation sites (tertiary alicyclic amines) is 1. The zero-order valence-electron chi connectivity index (χ0n) is 11.4. The van der Waals surface area contributed by atoms with Crippen molar-refractivity contribution in [2.24, 2.45) is 5.92 Å². The van der Waals surface area contributed by atoms with Gasteiger partial charge in [-0.1, -0.05) is 0 Å². The topological polar surface area (TPSA) is 78.5 Å². The Bertz CT molecular complexity index is 397. The Morgan fingerprint density at radius 2 is 2.16 bits per heavy atom. The van der Waals surface area contributed by atoms with Gasteiger partial charge in [-0.05, 0) is 25.7 Å². The van der Waals surface area contributed by atoms with E-state index in [0.717, 1.165) is 12.8 Å². The van der Waals surface area contributed by atoms with Crippen LogP contribution in [-0.4, -0.2) is 47.8 Å². The first-order chi connectivity index (χ1) is 8.97. The highest BCUT2D eigenvalue weighted by Crippen LogP contribution is 2.25. The van der Waals surface area contributed by atoms with E-state index in [1.165, 1.54) is 6.92 Å². The van der Waals surface area contributed by atoms with Gasteiger partial charge in [0, 0.05) is 32.5 Å². The molecule has 0 aliphatic carbocycles. The van der Waals surface area contributed by atoms with E-state index in [1.807, 2.05) is 0 Å². The minimum absolute atomic E-state index is 0.0365. The Kier molecular flexibility index (Phi) is 4.07. The van der Waals surface area contributed by atoms with Crippen LogP contribution in [-0.2, 0) is 14.4 Å². The van der Waals surface area contributed by atoms with Crippen LogP contribution < -0.4 is 10.6 Å². The van der Waals surface area contributed by atoms with Crippen molar-refractivity contribution in [2.75, 3.05) is 13.1 Å². The summed E-state index contributed by atoms with van der Waals surface area (Å²) in [5, 5.41) is 5.61. The van der Waals surface area contributed by atoms with Crippen LogP contribution in [0.15, 0.2) is 0 Å². The van der Waals surface area contributed by atoms with E-state index in [9.17, 15) is 14.4 Å². The fourth-order valence-corrected chi connectivity index (χ4v) is 2.95. The summed E-state index contributed by atoms with van der Waals surface area (Å²) in [4.78, 5) is 36.3. The van der Waals surface area contributed by atoms with Crippen molar-refractivity contribution < 1.29 is 14.4 Å². The molecule has 2 rings (SSSR count). The van der Waals surface area contributed by atoms with Gasteiger partial charge in [0.05, 0.1) is 0 Å². The van der Waals surface area contributed by atoms with Gasteiger partial charge < -0.3 is 15.5 Å². The number of rotatable bonds is 2. The Labute approximate surface area is 112 Å². The molecule has 106 valence electrons. The predicted octanol–water partition coefficient (Wildman–Crippen LogP) is -0.362. The zero-order chi connectivity index (χ0) is 14.0. The summed E-state index contributed by atoms with van der Waals surface area (Å²) in [7, 11) is 0. The van der Waals surface area contributed by atoms with Crippen molar-refractivity contribution in [3.63, 3.8) is 0 Å². The Morgan fingerprint density at radius 1 is 1.42 bits per heavy atom. The number of nitrogens with zero attached hydrogens (tertiary/aromatic N) is 1. The molecule has 0 spiro atoms. The number of hydrogen-bond acceptors (Lipinski definition) is 3. The Balaban J connectivity index is 1.91.